The lowest BCUT2D eigenvalue weighted by atomic mass is 10.4. The van der Waals surface area contributed by atoms with E-state index in [-0.39, 0.29) is 122 Å². The molecule has 0 aliphatic carbocycles. The van der Waals surface area contributed by atoms with E-state index in [4.69, 9.17) is 59.9 Å². The number of hydrogen-bond acceptors (Lipinski definition) is 26. The molecular formula is C50H69O26P3. The zero-order valence-corrected chi connectivity index (χ0v) is 47.1. The predicted molar refractivity (Wildman–Crippen MR) is 286 cm³/mol. The number of phosphoric acid groups is 2. The maximum absolute atomic E-state index is 12.6. The molecule has 0 saturated heterocycles. The molecule has 79 heavy (non-hydrogen) atoms. The van der Waals surface area contributed by atoms with Gasteiger partial charge in [-0.1, -0.05) is 83.0 Å². The van der Waals surface area contributed by atoms with Crippen molar-refractivity contribution in [1.29, 1.82) is 0 Å². The largest absolute Gasteiger partial charge is 0.475 e. The van der Waals surface area contributed by atoms with Gasteiger partial charge in [0.05, 0.1) is 52.9 Å². The molecule has 0 aliphatic heterocycles. The molecule has 0 atom stereocenters. The van der Waals surface area contributed by atoms with E-state index in [1.54, 1.807) is 0 Å². The summed E-state index contributed by atoms with van der Waals surface area (Å²) in [5.41, 5.74) is 0.581. The summed E-state index contributed by atoms with van der Waals surface area (Å²) in [6.07, 6.45) is 9.07. The van der Waals surface area contributed by atoms with Crippen molar-refractivity contribution in [2.24, 2.45) is 0 Å². The lowest BCUT2D eigenvalue weighted by Gasteiger charge is -2.25. The number of esters is 8. The van der Waals surface area contributed by atoms with Crippen molar-refractivity contribution < 1.29 is 122 Å². The fourth-order valence-electron chi connectivity index (χ4n) is 4.11. The molecule has 0 aliphatic rings. The minimum atomic E-state index is -4.11. The van der Waals surface area contributed by atoms with Crippen LogP contribution in [0.25, 0.3) is 0 Å². The van der Waals surface area contributed by atoms with Crippen LogP contribution in [0.5, 0.6) is 0 Å². The van der Waals surface area contributed by atoms with Crippen LogP contribution in [0.4, 0.5) is 0 Å². The van der Waals surface area contributed by atoms with Crippen LogP contribution in [-0.4, -0.2) is 160 Å². The molecule has 1 aromatic rings. The predicted octanol–water partition coefficient (Wildman–Crippen LogP) is 5.92. The molecule has 26 nitrogen and oxygen atoms in total. The smallest absolute Gasteiger partial charge is 0.460 e. The van der Waals surface area contributed by atoms with E-state index in [0.717, 1.165) is 35.7 Å². The Hall–Kier alpha value is -6.66. The highest BCUT2D eigenvalue weighted by Crippen LogP contribution is 2.50. The van der Waals surface area contributed by atoms with E-state index in [1.807, 2.05) is 30.3 Å². The van der Waals surface area contributed by atoms with Crippen LogP contribution in [0.3, 0.4) is 0 Å². The van der Waals surface area contributed by atoms with E-state index in [9.17, 15) is 47.5 Å². The highest BCUT2D eigenvalue weighted by atomic mass is 31.2. The Bertz CT molecular complexity index is 2160. The third kappa shape index (κ3) is 39.4. The topological polar surface area (TPSA) is 318 Å². The van der Waals surface area contributed by atoms with Crippen LogP contribution in [0.15, 0.2) is 130 Å². The second-order valence-corrected chi connectivity index (χ2v) is 19.9. The zero-order valence-electron chi connectivity index (χ0n) is 44.4. The fraction of sp³-hybridized carbons (Fsp3) is 0.380. The van der Waals surface area contributed by atoms with Crippen LogP contribution >= 0.6 is 23.0 Å². The van der Waals surface area contributed by atoms with E-state index in [1.165, 1.54) is 20.8 Å². The van der Waals surface area contributed by atoms with Gasteiger partial charge >= 0.3 is 63.4 Å². The van der Waals surface area contributed by atoms with Crippen molar-refractivity contribution >= 4 is 82.3 Å². The molecule has 0 aromatic heterocycles. The van der Waals surface area contributed by atoms with Gasteiger partial charge < -0.3 is 46.9 Å². The molecule has 0 N–H and O–H groups in total. The average Bonchev–Trinajstić information content (AvgIpc) is 3.43. The van der Waals surface area contributed by atoms with Crippen LogP contribution in [0.1, 0.15) is 20.8 Å². The Kier molecular flexibility index (Phi) is 41.7. The van der Waals surface area contributed by atoms with Gasteiger partial charge in [0, 0.05) is 52.4 Å². The second-order valence-electron chi connectivity index (χ2n) is 14.2. The van der Waals surface area contributed by atoms with Gasteiger partial charge in [0.2, 0.25) is 0 Å². The van der Waals surface area contributed by atoms with Gasteiger partial charge in [0.15, 0.2) is 0 Å². The molecule has 0 spiro atoms. The Morgan fingerprint density at radius 3 is 0.759 bits per heavy atom. The molecule has 1 rings (SSSR count). The van der Waals surface area contributed by atoms with Crippen molar-refractivity contribution in [3.8, 4) is 0 Å². The summed E-state index contributed by atoms with van der Waals surface area (Å²) in [5.74, 6) is -5.00. The number of hydrogen-bond donors (Lipinski definition) is 0. The number of carbonyl (C=O) groups is 8. The summed E-state index contributed by atoms with van der Waals surface area (Å²) in [5, 5.41) is 0.787. The van der Waals surface area contributed by atoms with E-state index in [2.05, 4.69) is 73.1 Å². The van der Waals surface area contributed by atoms with E-state index in [0.29, 0.717) is 0 Å². The van der Waals surface area contributed by atoms with Gasteiger partial charge in [0.25, 0.3) is 0 Å². The summed E-state index contributed by atoms with van der Waals surface area (Å²) >= 11 is 0. The van der Waals surface area contributed by atoms with Crippen molar-refractivity contribution in [3.05, 3.63) is 130 Å². The first kappa shape index (κ1) is 74.4. The lowest BCUT2D eigenvalue weighted by Crippen LogP contribution is -2.16. The summed E-state index contributed by atoms with van der Waals surface area (Å²) in [6, 6.07) is 9.24. The maximum atomic E-state index is 12.6. The number of benzene rings is 1. The third-order valence-corrected chi connectivity index (χ3v) is 13.0. The molecule has 0 saturated carbocycles. The highest BCUT2D eigenvalue weighted by molar-refractivity contribution is 7.72. The fourth-order valence-corrected chi connectivity index (χ4v) is 8.08. The van der Waals surface area contributed by atoms with Gasteiger partial charge in [-0.2, -0.15) is 0 Å². The first-order valence-corrected chi connectivity index (χ1v) is 27.7. The Balaban J connectivity index is 0. The quantitative estimate of drug-likeness (QED) is 0.0241. The van der Waals surface area contributed by atoms with Gasteiger partial charge in [-0.05, 0) is 27.1 Å². The van der Waals surface area contributed by atoms with Crippen LogP contribution < -0.4 is 5.30 Å². The standard InChI is InChI=1S/C18H27O10P.C17H21O6P.C15H21O10P/c1-13(2)16(19)23-7-10-26-29(22,27-11-8-24-17(20)14(3)4)28-12-9-25-18(21)15(5)6;1-4-16(18)20-11-13-22-24(3,15-9-7-6-8-10-15)23-14-12-21-17(19)5-2;1-4-13(16)20-7-10-23-26(19,24-11-8-21-14(17)5-2)25-12-9-22-15(18)6-3/h1,3,5,7-12H2,2,4,6H3;4-10H,1-3,11-14H2;4-6H,1-3,7-12H2. The summed E-state index contributed by atoms with van der Waals surface area (Å²) < 4.78 is 105. The zero-order chi connectivity index (χ0) is 60.1. The van der Waals surface area contributed by atoms with Gasteiger partial charge in [-0.3, -0.25) is 27.1 Å². The average molecular weight is 1180 g/mol. The summed E-state index contributed by atoms with van der Waals surface area (Å²) in [6.45, 7) is 28.2. The number of phosphoric ester groups is 2. The second kappa shape index (κ2) is 44.2. The van der Waals surface area contributed by atoms with Crippen molar-refractivity contribution in [2.45, 2.75) is 20.8 Å². The molecular weight excluding hydrogens is 1110 g/mol. The SMILES string of the molecule is C=C(C)C(=O)OCCOP(=O)(OCCOC(=O)C(=C)C)OCCOC(=O)C(=C)C.C=CC(=O)OCCOP(=C)(OCCOC(=O)C=C)c1ccccc1.C=CC(=O)OCCOP(=O)(OCCOC(=O)C=C)OCCOC(=O)C=C. The third-order valence-electron chi connectivity index (χ3n) is 7.71. The Labute approximate surface area is 459 Å². The van der Waals surface area contributed by atoms with Gasteiger partial charge in [-0.25, -0.2) is 47.5 Å². The van der Waals surface area contributed by atoms with Crippen molar-refractivity contribution in [1.82, 2.24) is 0 Å². The van der Waals surface area contributed by atoms with Crippen LogP contribution in [0.2, 0.25) is 0 Å². The minimum absolute atomic E-state index is 0.0593. The first-order valence-electron chi connectivity index (χ1n) is 23.0. The van der Waals surface area contributed by atoms with Crippen molar-refractivity contribution in [3.63, 3.8) is 0 Å². The molecule has 29 heteroatoms. The molecule has 1 aromatic carbocycles. The van der Waals surface area contributed by atoms with Gasteiger partial charge in [0.1, 0.15) is 60.2 Å². The van der Waals surface area contributed by atoms with Crippen LogP contribution in [0, 0.1) is 0 Å². The molecule has 440 valence electrons. The number of carbonyl (C=O) groups excluding carboxylic acids is 8. The molecule has 0 unspecified atom stereocenters. The summed E-state index contributed by atoms with van der Waals surface area (Å²) in [7, 11) is -10.8. The molecule has 0 bridgehead atoms. The number of rotatable bonds is 41. The normalized spacial score (nSPS) is 10.6. The molecule has 0 heterocycles. The lowest BCUT2D eigenvalue weighted by molar-refractivity contribution is -0.141. The monoisotopic (exact) mass is 1180 g/mol. The van der Waals surface area contributed by atoms with E-state index < -0.39 is 70.7 Å². The Morgan fingerprint density at radius 2 is 0.557 bits per heavy atom. The highest BCUT2D eigenvalue weighted by Gasteiger charge is 2.29. The molecule has 0 radical (unpaired) electrons. The summed E-state index contributed by atoms with van der Waals surface area (Å²) in [4.78, 5) is 88.7. The molecule has 0 fully saturated rings. The first-order chi connectivity index (χ1) is 37.4. The maximum Gasteiger partial charge on any atom is 0.475 e. The van der Waals surface area contributed by atoms with Crippen LogP contribution in [-0.2, 0) is 122 Å². The minimum Gasteiger partial charge on any atom is -0.460 e. The molecule has 0 amide bonds. The van der Waals surface area contributed by atoms with E-state index >= 15 is 0 Å². The van der Waals surface area contributed by atoms with Crippen molar-refractivity contribution in [2.75, 3.05) is 106 Å². The Morgan fingerprint density at radius 1 is 0.354 bits per heavy atom. The number of ether oxygens (including phenoxy) is 8. The van der Waals surface area contributed by atoms with Gasteiger partial charge in [-0.15, -0.1) is 0 Å².